The van der Waals surface area contributed by atoms with Crippen LogP contribution >= 0.6 is 0 Å². The first-order valence-corrected chi connectivity index (χ1v) is 7.77. The van der Waals surface area contributed by atoms with Crippen LogP contribution in [0.5, 0.6) is 0 Å². The molecule has 2 rings (SSSR count). The zero-order chi connectivity index (χ0) is 17.4. The quantitative estimate of drug-likeness (QED) is 0.791. The van der Waals surface area contributed by atoms with Gasteiger partial charge in [0.2, 0.25) is 0 Å². The summed E-state index contributed by atoms with van der Waals surface area (Å²) in [6, 6.07) is 12.5. The van der Waals surface area contributed by atoms with Gasteiger partial charge in [0.25, 0.3) is 11.8 Å². The number of methoxy groups -OCH3 is 1. The smallest absolute Gasteiger partial charge is 0.269 e. The fraction of sp³-hybridized carbons (Fsp3) is 0.278. The number of hydrogen-bond acceptors (Lipinski definition) is 4. The minimum Gasteiger partial charge on any atom is -0.383 e. The molecule has 2 aromatic rings. The predicted octanol–water partition coefficient (Wildman–Crippen LogP) is 2.12. The Morgan fingerprint density at radius 1 is 1.21 bits per heavy atom. The van der Waals surface area contributed by atoms with Gasteiger partial charge < -0.3 is 15.0 Å². The molecule has 0 spiro atoms. The van der Waals surface area contributed by atoms with E-state index in [4.69, 9.17) is 4.74 Å². The first-order valence-electron chi connectivity index (χ1n) is 7.77. The minimum absolute atomic E-state index is 0.169. The number of carbonyl (C=O) groups is 2. The number of aromatic nitrogens is 1. The van der Waals surface area contributed by atoms with E-state index in [1.807, 2.05) is 37.3 Å². The number of carbonyl (C=O) groups excluding carboxylic acids is 2. The summed E-state index contributed by atoms with van der Waals surface area (Å²) in [7, 11) is 1.56. The lowest BCUT2D eigenvalue weighted by Gasteiger charge is -2.21. The van der Waals surface area contributed by atoms with Gasteiger partial charge >= 0.3 is 0 Å². The van der Waals surface area contributed by atoms with E-state index in [0.29, 0.717) is 25.3 Å². The maximum atomic E-state index is 12.8. The number of rotatable bonds is 7. The van der Waals surface area contributed by atoms with Gasteiger partial charge in [0, 0.05) is 37.6 Å². The highest BCUT2D eigenvalue weighted by Gasteiger charge is 2.18. The van der Waals surface area contributed by atoms with E-state index in [0.717, 1.165) is 5.69 Å². The van der Waals surface area contributed by atoms with Crippen LogP contribution in [0.25, 0.3) is 0 Å². The van der Waals surface area contributed by atoms with Crippen LogP contribution in [0.3, 0.4) is 0 Å². The maximum Gasteiger partial charge on any atom is 0.269 e. The molecular formula is C18H21N3O3. The summed E-state index contributed by atoms with van der Waals surface area (Å²) in [5, 5.41) is 2.69. The van der Waals surface area contributed by atoms with Crippen molar-refractivity contribution < 1.29 is 14.3 Å². The second-order valence-corrected chi connectivity index (χ2v) is 5.06. The molecular weight excluding hydrogens is 306 g/mol. The zero-order valence-corrected chi connectivity index (χ0v) is 13.9. The molecule has 1 N–H and O–H groups in total. The van der Waals surface area contributed by atoms with Gasteiger partial charge in [-0.05, 0) is 31.2 Å². The van der Waals surface area contributed by atoms with E-state index in [2.05, 4.69) is 10.3 Å². The second kappa shape index (κ2) is 8.79. The Morgan fingerprint density at radius 2 is 1.96 bits per heavy atom. The highest BCUT2D eigenvalue weighted by molar-refractivity contribution is 6.07. The van der Waals surface area contributed by atoms with E-state index in [1.54, 1.807) is 18.1 Å². The van der Waals surface area contributed by atoms with Crippen molar-refractivity contribution in [3.63, 3.8) is 0 Å². The van der Waals surface area contributed by atoms with Gasteiger partial charge in [-0.2, -0.15) is 0 Å². The largest absolute Gasteiger partial charge is 0.383 e. The molecule has 0 saturated heterocycles. The van der Waals surface area contributed by atoms with E-state index in [9.17, 15) is 9.59 Å². The monoisotopic (exact) mass is 327 g/mol. The number of hydrogen-bond donors (Lipinski definition) is 1. The fourth-order valence-electron chi connectivity index (χ4n) is 2.25. The normalized spacial score (nSPS) is 10.2. The van der Waals surface area contributed by atoms with Crippen molar-refractivity contribution in [3.05, 3.63) is 59.9 Å². The Labute approximate surface area is 141 Å². The van der Waals surface area contributed by atoms with E-state index < -0.39 is 0 Å². The predicted molar refractivity (Wildman–Crippen MR) is 92.2 cm³/mol. The lowest BCUT2D eigenvalue weighted by atomic mass is 10.1. The summed E-state index contributed by atoms with van der Waals surface area (Å²) in [6.07, 6.45) is 1.47. The zero-order valence-electron chi connectivity index (χ0n) is 13.9. The van der Waals surface area contributed by atoms with Gasteiger partial charge in [0.05, 0.1) is 6.61 Å². The van der Waals surface area contributed by atoms with Crippen LogP contribution in [0.15, 0.2) is 48.7 Å². The molecule has 0 saturated carbocycles. The van der Waals surface area contributed by atoms with Crippen LogP contribution in [0.4, 0.5) is 5.69 Å². The molecule has 0 aliphatic rings. The van der Waals surface area contributed by atoms with Crippen molar-refractivity contribution in [2.75, 3.05) is 31.7 Å². The van der Waals surface area contributed by atoms with E-state index in [-0.39, 0.29) is 17.5 Å². The molecule has 6 nitrogen and oxygen atoms in total. The van der Waals surface area contributed by atoms with Crippen LogP contribution < -0.4 is 10.2 Å². The number of nitrogens with zero attached hydrogens (tertiary/aromatic N) is 2. The molecule has 126 valence electrons. The number of nitrogens with one attached hydrogen (secondary N) is 1. The number of pyridine rings is 1. The van der Waals surface area contributed by atoms with Crippen LogP contribution in [-0.2, 0) is 4.74 Å². The lowest BCUT2D eigenvalue weighted by Crippen LogP contribution is -2.31. The molecule has 0 fully saturated rings. The Bertz CT molecular complexity index is 689. The van der Waals surface area contributed by atoms with Gasteiger partial charge in [0.1, 0.15) is 5.69 Å². The number of anilines is 1. The molecule has 2 amide bonds. The van der Waals surface area contributed by atoms with Gasteiger partial charge in [0.15, 0.2) is 0 Å². The van der Waals surface area contributed by atoms with Crippen molar-refractivity contribution >= 4 is 17.5 Å². The molecule has 0 atom stereocenters. The average Bonchev–Trinajstić information content (AvgIpc) is 2.63. The van der Waals surface area contributed by atoms with Crippen molar-refractivity contribution in [1.29, 1.82) is 0 Å². The Balaban J connectivity index is 2.17. The highest BCUT2D eigenvalue weighted by atomic mass is 16.5. The highest BCUT2D eigenvalue weighted by Crippen LogP contribution is 2.16. The molecule has 0 bridgehead atoms. The minimum atomic E-state index is -0.329. The standard InChI is InChI=1S/C18H21N3O3/c1-3-21(15-7-5-4-6-8-15)18(23)14-9-10-19-16(13-14)17(22)20-11-12-24-2/h4-10,13H,3,11-12H2,1-2H3,(H,20,22). The van der Waals surface area contributed by atoms with Gasteiger partial charge in [-0.3, -0.25) is 14.6 Å². The molecule has 6 heteroatoms. The molecule has 0 aliphatic carbocycles. The van der Waals surface area contributed by atoms with Crippen LogP contribution in [0.1, 0.15) is 27.8 Å². The molecule has 24 heavy (non-hydrogen) atoms. The first kappa shape index (κ1) is 17.6. The molecule has 1 aromatic carbocycles. The number of para-hydroxylation sites is 1. The van der Waals surface area contributed by atoms with Crippen molar-refractivity contribution in [3.8, 4) is 0 Å². The molecule has 0 unspecified atom stereocenters. The third kappa shape index (κ3) is 4.39. The molecule has 0 aliphatic heterocycles. The average molecular weight is 327 g/mol. The van der Waals surface area contributed by atoms with Gasteiger partial charge in [-0.25, -0.2) is 0 Å². The van der Waals surface area contributed by atoms with Crippen LogP contribution in [-0.4, -0.2) is 43.6 Å². The summed E-state index contributed by atoms with van der Waals surface area (Å²) >= 11 is 0. The second-order valence-electron chi connectivity index (χ2n) is 5.06. The fourth-order valence-corrected chi connectivity index (χ4v) is 2.25. The summed E-state index contributed by atoms with van der Waals surface area (Å²) in [4.78, 5) is 30.5. The third-order valence-corrected chi connectivity index (χ3v) is 3.46. The Morgan fingerprint density at radius 3 is 2.62 bits per heavy atom. The van der Waals surface area contributed by atoms with Gasteiger partial charge in [-0.1, -0.05) is 18.2 Å². The Kier molecular flexibility index (Phi) is 6.45. The van der Waals surface area contributed by atoms with E-state index in [1.165, 1.54) is 12.3 Å². The van der Waals surface area contributed by atoms with Gasteiger partial charge in [-0.15, -0.1) is 0 Å². The third-order valence-electron chi connectivity index (χ3n) is 3.46. The van der Waals surface area contributed by atoms with Crippen molar-refractivity contribution in [1.82, 2.24) is 10.3 Å². The summed E-state index contributed by atoms with van der Waals surface area (Å²) in [5.41, 5.74) is 1.45. The maximum absolute atomic E-state index is 12.8. The van der Waals surface area contributed by atoms with E-state index >= 15 is 0 Å². The van der Waals surface area contributed by atoms with Crippen molar-refractivity contribution in [2.24, 2.45) is 0 Å². The van der Waals surface area contributed by atoms with Crippen molar-refractivity contribution in [2.45, 2.75) is 6.92 Å². The molecule has 1 heterocycles. The molecule has 0 radical (unpaired) electrons. The Hall–Kier alpha value is -2.73. The van der Waals surface area contributed by atoms with Crippen LogP contribution in [0, 0.1) is 0 Å². The van der Waals surface area contributed by atoms with Crippen LogP contribution in [0.2, 0.25) is 0 Å². The SMILES string of the molecule is CCN(C(=O)c1ccnc(C(=O)NCCOC)c1)c1ccccc1. The number of amides is 2. The summed E-state index contributed by atoms with van der Waals surface area (Å²) < 4.78 is 4.89. The summed E-state index contributed by atoms with van der Waals surface area (Å²) in [5.74, 6) is -0.499. The topological polar surface area (TPSA) is 71.5 Å². The number of benzene rings is 1. The number of ether oxygens (including phenoxy) is 1. The summed E-state index contributed by atoms with van der Waals surface area (Å²) in [6.45, 7) is 3.24. The molecule has 1 aromatic heterocycles. The lowest BCUT2D eigenvalue weighted by molar-refractivity contribution is 0.0932. The first-order chi connectivity index (χ1) is 11.7.